The van der Waals surface area contributed by atoms with Gasteiger partial charge in [0.1, 0.15) is 6.10 Å². The molecule has 0 saturated carbocycles. The first-order valence-corrected chi connectivity index (χ1v) is 7.42. The highest BCUT2D eigenvalue weighted by Crippen LogP contribution is 2.60. The van der Waals surface area contributed by atoms with Crippen molar-refractivity contribution in [2.45, 2.75) is 37.4 Å². The average molecular weight is 278 g/mol. The third-order valence-corrected chi connectivity index (χ3v) is 4.79. The molecule has 2 nitrogen and oxygen atoms in total. The maximum atomic E-state index is 12.9. The molecule has 0 amide bonds. The number of hydrogen-bond donors (Lipinski definition) is 0. The van der Waals surface area contributed by atoms with Gasteiger partial charge in [0.05, 0.1) is 0 Å². The minimum Gasteiger partial charge on any atom is -0.352 e. The van der Waals surface area contributed by atoms with E-state index in [0.29, 0.717) is 0 Å². The molecule has 1 spiro atoms. The summed E-state index contributed by atoms with van der Waals surface area (Å²) in [6.45, 7) is 4.40. The number of benzene rings is 2. The van der Waals surface area contributed by atoms with E-state index < -0.39 is 5.60 Å². The van der Waals surface area contributed by atoms with Gasteiger partial charge in [-0.15, -0.1) is 0 Å². The van der Waals surface area contributed by atoms with E-state index in [1.54, 1.807) is 0 Å². The Kier molecular flexibility index (Phi) is 2.46. The van der Waals surface area contributed by atoms with Crippen LogP contribution in [0.2, 0.25) is 0 Å². The van der Waals surface area contributed by atoms with E-state index in [0.717, 1.165) is 23.1 Å². The van der Waals surface area contributed by atoms with Gasteiger partial charge in [0.15, 0.2) is 11.4 Å². The van der Waals surface area contributed by atoms with E-state index in [4.69, 9.17) is 4.74 Å². The normalized spacial score (nSPS) is 29.2. The van der Waals surface area contributed by atoms with Crippen LogP contribution in [0.3, 0.4) is 0 Å². The molecule has 21 heavy (non-hydrogen) atoms. The highest BCUT2D eigenvalue weighted by Gasteiger charge is 2.66. The third-order valence-electron chi connectivity index (χ3n) is 4.79. The standard InChI is InChI=1S/C19H18O2/c1-18(2)12-19(16(20)14-10-6-7-11-15(14)18)17(21-19)13-8-4-3-5-9-13/h3-11,17H,12H2,1-2H3/t17-,19-/m1/s1. The molecule has 106 valence electrons. The van der Waals surface area contributed by atoms with Crippen molar-refractivity contribution >= 4 is 5.78 Å². The topological polar surface area (TPSA) is 29.6 Å². The zero-order valence-electron chi connectivity index (χ0n) is 12.3. The summed E-state index contributed by atoms with van der Waals surface area (Å²) in [5.74, 6) is 0.145. The van der Waals surface area contributed by atoms with Crippen LogP contribution in [0.1, 0.15) is 47.9 Å². The molecule has 2 aliphatic rings. The molecule has 2 aromatic carbocycles. The molecule has 4 rings (SSSR count). The van der Waals surface area contributed by atoms with Crippen molar-refractivity contribution in [3.05, 3.63) is 71.3 Å². The molecule has 1 aliphatic heterocycles. The van der Waals surface area contributed by atoms with Gasteiger partial charge in [0.25, 0.3) is 0 Å². The molecule has 1 heterocycles. The highest BCUT2D eigenvalue weighted by atomic mass is 16.6. The number of Topliss-reactive ketones (excluding diaryl/α,β-unsaturated/α-hetero) is 1. The minimum absolute atomic E-state index is 0.0476. The summed E-state index contributed by atoms with van der Waals surface area (Å²) in [6, 6.07) is 18.0. The van der Waals surface area contributed by atoms with Crippen LogP contribution in [0.25, 0.3) is 0 Å². The summed E-state index contributed by atoms with van der Waals surface area (Å²) in [4.78, 5) is 12.9. The van der Waals surface area contributed by atoms with Gasteiger partial charge in [-0.25, -0.2) is 0 Å². The van der Waals surface area contributed by atoms with Crippen LogP contribution < -0.4 is 0 Å². The summed E-state index contributed by atoms with van der Waals surface area (Å²) >= 11 is 0. The molecular formula is C19H18O2. The van der Waals surface area contributed by atoms with Crippen molar-refractivity contribution in [2.24, 2.45) is 0 Å². The zero-order valence-corrected chi connectivity index (χ0v) is 12.3. The number of hydrogen-bond acceptors (Lipinski definition) is 2. The quantitative estimate of drug-likeness (QED) is 0.736. The smallest absolute Gasteiger partial charge is 0.198 e. The molecule has 0 N–H and O–H groups in total. The van der Waals surface area contributed by atoms with Crippen LogP contribution in [-0.2, 0) is 10.2 Å². The predicted octanol–water partition coefficient (Wildman–Crippen LogP) is 4.06. The van der Waals surface area contributed by atoms with E-state index in [9.17, 15) is 4.79 Å². The Morgan fingerprint density at radius 1 is 1.00 bits per heavy atom. The van der Waals surface area contributed by atoms with E-state index in [1.165, 1.54) is 0 Å². The Morgan fingerprint density at radius 3 is 2.43 bits per heavy atom. The molecule has 2 aromatic rings. The minimum atomic E-state index is -0.654. The van der Waals surface area contributed by atoms with Gasteiger partial charge in [-0.1, -0.05) is 68.4 Å². The van der Waals surface area contributed by atoms with Crippen LogP contribution in [0.4, 0.5) is 0 Å². The molecule has 0 radical (unpaired) electrons. The number of epoxide rings is 1. The summed E-state index contributed by atoms with van der Waals surface area (Å²) in [7, 11) is 0. The molecule has 2 atom stereocenters. The van der Waals surface area contributed by atoms with Crippen molar-refractivity contribution in [1.29, 1.82) is 0 Å². The lowest BCUT2D eigenvalue weighted by molar-refractivity contribution is 0.0812. The number of fused-ring (bicyclic) bond motifs is 1. The molecule has 0 bridgehead atoms. The van der Waals surface area contributed by atoms with Crippen LogP contribution in [0.5, 0.6) is 0 Å². The Labute approximate surface area is 124 Å². The van der Waals surface area contributed by atoms with Gasteiger partial charge in [-0.05, 0) is 23.0 Å². The van der Waals surface area contributed by atoms with Gasteiger partial charge >= 0.3 is 0 Å². The van der Waals surface area contributed by atoms with Gasteiger partial charge < -0.3 is 4.74 Å². The van der Waals surface area contributed by atoms with Gasteiger partial charge in [0.2, 0.25) is 0 Å². The fraction of sp³-hybridized carbons (Fsp3) is 0.316. The monoisotopic (exact) mass is 278 g/mol. The number of carbonyl (C=O) groups is 1. The Bertz CT molecular complexity index is 717. The summed E-state index contributed by atoms with van der Waals surface area (Å²) in [5, 5.41) is 0. The molecule has 0 aromatic heterocycles. The van der Waals surface area contributed by atoms with Crippen LogP contribution in [0.15, 0.2) is 54.6 Å². The SMILES string of the molecule is CC1(C)C[C@@]2(O[C@@H]2c2ccccc2)C(=O)c2ccccc21. The van der Waals surface area contributed by atoms with Crippen LogP contribution >= 0.6 is 0 Å². The van der Waals surface area contributed by atoms with Gasteiger partial charge in [-0.2, -0.15) is 0 Å². The number of ether oxygens (including phenoxy) is 1. The highest BCUT2D eigenvalue weighted by molar-refractivity contribution is 6.07. The summed E-state index contributed by atoms with van der Waals surface area (Å²) in [5.41, 5.74) is 2.36. The van der Waals surface area contributed by atoms with E-state index in [2.05, 4.69) is 19.9 Å². The van der Waals surface area contributed by atoms with E-state index in [-0.39, 0.29) is 17.3 Å². The number of rotatable bonds is 1. The lowest BCUT2D eigenvalue weighted by Crippen LogP contribution is -2.40. The Balaban J connectivity index is 1.79. The van der Waals surface area contributed by atoms with Gasteiger partial charge in [-0.3, -0.25) is 4.79 Å². The van der Waals surface area contributed by atoms with Crippen LogP contribution in [-0.4, -0.2) is 11.4 Å². The zero-order chi connectivity index (χ0) is 14.7. The Morgan fingerprint density at radius 2 is 1.67 bits per heavy atom. The molecular weight excluding hydrogens is 260 g/mol. The van der Waals surface area contributed by atoms with Crippen molar-refractivity contribution in [1.82, 2.24) is 0 Å². The first-order valence-electron chi connectivity index (χ1n) is 7.42. The first-order chi connectivity index (χ1) is 10.0. The lowest BCUT2D eigenvalue weighted by Gasteiger charge is -2.35. The average Bonchev–Trinajstić information content (AvgIpc) is 3.21. The molecule has 1 fully saturated rings. The summed E-state index contributed by atoms with van der Waals surface area (Å²) < 4.78 is 5.99. The third kappa shape index (κ3) is 1.72. The molecule has 0 unspecified atom stereocenters. The lowest BCUT2D eigenvalue weighted by atomic mass is 9.66. The second kappa shape index (κ2) is 4.05. The molecule has 1 saturated heterocycles. The maximum Gasteiger partial charge on any atom is 0.198 e. The van der Waals surface area contributed by atoms with Crippen molar-refractivity contribution in [2.75, 3.05) is 0 Å². The van der Waals surface area contributed by atoms with E-state index in [1.807, 2.05) is 48.5 Å². The van der Waals surface area contributed by atoms with Crippen molar-refractivity contribution < 1.29 is 9.53 Å². The first kappa shape index (κ1) is 12.8. The molecule has 1 aliphatic carbocycles. The number of carbonyl (C=O) groups excluding carboxylic acids is 1. The van der Waals surface area contributed by atoms with Gasteiger partial charge in [0, 0.05) is 5.56 Å². The van der Waals surface area contributed by atoms with E-state index >= 15 is 0 Å². The van der Waals surface area contributed by atoms with Crippen molar-refractivity contribution in [3.63, 3.8) is 0 Å². The second-order valence-electron chi connectivity index (χ2n) is 6.73. The number of ketones is 1. The fourth-order valence-corrected chi connectivity index (χ4v) is 3.78. The van der Waals surface area contributed by atoms with Crippen molar-refractivity contribution in [3.8, 4) is 0 Å². The van der Waals surface area contributed by atoms with Crippen LogP contribution in [0, 0.1) is 0 Å². The maximum absolute atomic E-state index is 12.9. The largest absolute Gasteiger partial charge is 0.352 e. The fourth-order valence-electron chi connectivity index (χ4n) is 3.78. The Hall–Kier alpha value is -1.93. The predicted molar refractivity (Wildman–Crippen MR) is 81.4 cm³/mol. The second-order valence-corrected chi connectivity index (χ2v) is 6.73. The summed E-state index contributed by atoms with van der Waals surface area (Å²) in [6.07, 6.45) is 0.647. The molecule has 2 heteroatoms.